The Labute approximate surface area is 106 Å². The van der Waals surface area contributed by atoms with Crippen LogP contribution in [0.1, 0.15) is 27.2 Å². The number of nitrogens with zero attached hydrogens (tertiary/aromatic N) is 1. The van der Waals surface area contributed by atoms with Gasteiger partial charge in [-0.1, -0.05) is 0 Å². The molecule has 0 aromatic heterocycles. The maximum absolute atomic E-state index is 12.0. The van der Waals surface area contributed by atoms with Crippen LogP contribution in [0.25, 0.3) is 0 Å². The van der Waals surface area contributed by atoms with Gasteiger partial charge in [0.2, 0.25) is 11.8 Å². The highest BCUT2D eigenvalue weighted by atomic mass is 16.4. The van der Waals surface area contributed by atoms with Crippen LogP contribution in [0.15, 0.2) is 11.1 Å². The number of hydrogen-bond acceptors (Lipinski definition) is 3. The zero-order valence-corrected chi connectivity index (χ0v) is 10.8. The molecule has 1 heterocycles. The van der Waals surface area contributed by atoms with E-state index >= 15 is 0 Å². The lowest BCUT2D eigenvalue weighted by Crippen LogP contribution is -2.37. The molecule has 1 saturated heterocycles. The molecule has 2 N–H and O–H groups in total. The number of nitrogens with one attached hydrogen (secondary N) is 1. The third-order valence-electron chi connectivity index (χ3n) is 3.09. The summed E-state index contributed by atoms with van der Waals surface area (Å²) in [6.45, 7) is 5.33. The summed E-state index contributed by atoms with van der Waals surface area (Å²) in [5, 5.41) is 11.6. The largest absolute Gasteiger partial charge is 0.478 e. The second kappa shape index (κ2) is 5.66. The molecule has 6 heteroatoms. The molecular formula is C12H18N2O4. The summed E-state index contributed by atoms with van der Waals surface area (Å²) >= 11 is 0. The minimum Gasteiger partial charge on any atom is -0.478 e. The van der Waals surface area contributed by atoms with E-state index in [1.807, 2.05) is 0 Å². The van der Waals surface area contributed by atoms with Crippen molar-refractivity contribution >= 4 is 17.8 Å². The molecule has 1 aliphatic heterocycles. The third kappa shape index (κ3) is 3.32. The van der Waals surface area contributed by atoms with E-state index in [-0.39, 0.29) is 29.0 Å². The number of carbonyl (C=O) groups excluding carboxylic acids is 2. The van der Waals surface area contributed by atoms with Gasteiger partial charge in [-0.25, -0.2) is 4.79 Å². The van der Waals surface area contributed by atoms with Crippen molar-refractivity contribution in [2.24, 2.45) is 0 Å². The number of aliphatic carboxylic acids is 1. The van der Waals surface area contributed by atoms with Gasteiger partial charge in [-0.2, -0.15) is 0 Å². The predicted molar refractivity (Wildman–Crippen MR) is 64.8 cm³/mol. The standard InChI is InChI=1S/C12H18N2O4/c1-7(8(2)12(17)18)11(16)14-5-4-10(6-14)13-9(3)15/h10H,4-6H2,1-3H3,(H,13,15)(H,17,18). The summed E-state index contributed by atoms with van der Waals surface area (Å²) in [5.41, 5.74) is 0.300. The Kier molecular flexibility index (Phi) is 4.47. The molecule has 0 aromatic rings. The summed E-state index contributed by atoms with van der Waals surface area (Å²) in [4.78, 5) is 35.3. The van der Waals surface area contributed by atoms with E-state index in [2.05, 4.69) is 5.32 Å². The maximum Gasteiger partial charge on any atom is 0.331 e. The van der Waals surface area contributed by atoms with Crippen LogP contribution in [-0.4, -0.2) is 46.9 Å². The van der Waals surface area contributed by atoms with Crippen molar-refractivity contribution in [1.82, 2.24) is 10.2 Å². The molecule has 0 aliphatic carbocycles. The smallest absolute Gasteiger partial charge is 0.331 e. The van der Waals surface area contributed by atoms with E-state index in [0.29, 0.717) is 19.5 Å². The van der Waals surface area contributed by atoms with Gasteiger partial charge >= 0.3 is 5.97 Å². The van der Waals surface area contributed by atoms with Crippen LogP contribution < -0.4 is 5.32 Å². The molecule has 1 unspecified atom stereocenters. The van der Waals surface area contributed by atoms with Crippen LogP contribution in [-0.2, 0) is 14.4 Å². The van der Waals surface area contributed by atoms with Crippen molar-refractivity contribution in [3.8, 4) is 0 Å². The van der Waals surface area contributed by atoms with Crippen molar-refractivity contribution in [3.05, 3.63) is 11.1 Å². The molecule has 1 atom stereocenters. The minimum atomic E-state index is -1.08. The number of carbonyl (C=O) groups is 3. The van der Waals surface area contributed by atoms with Crippen LogP contribution in [0.3, 0.4) is 0 Å². The Hall–Kier alpha value is -1.85. The topological polar surface area (TPSA) is 86.7 Å². The lowest BCUT2D eigenvalue weighted by atomic mass is 10.1. The summed E-state index contributed by atoms with van der Waals surface area (Å²) in [6, 6.07) is -0.0376. The predicted octanol–water partition coefficient (Wildman–Crippen LogP) is 0.144. The molecule has 100 valence electrons. The zero-order valence-electron chi connectivity index (χ0n) is 10.8. The quantitative estimate of drug-likeness (QED) is 0.702. The van der Waals surface area contributed by atoms with Crippen molar-refractivity contribution in [2.45, 2.75) is 33.2 Å². The molecule has 0 saturated carbocycles. The van der Waals surface area contributed by atoms with E-state index in [9.17, 15) is 14.4 Å². The van der Waals surface area contributed by atoms with Crippen molar-refractivity contribution in [1.29, 1.82) is 0 Å². The van der Waals surface area contributed by atoms with Gasteiger partial charge in [0, 0.05) is 37.2 Å². The van der Waals surface area contributed by atoms with Gasteiger partial charge in [-0.3, -0.25) is 9.59 Å². The number of carboxylic acid groups (broad SMARTS) is 1. The molecular weight excluding hydrogens is 236 g/mol. The third-order valence-corrected chi connectivity index (χ3v) is 3.09. The lowest BCUT2D eigenvalue weighted by Gasteiger charge is -2.17. The fraction of sp³-hybridized carbons (Fsp3) is 0.583. The van der Waals surface area contributed by atoms with Crippen LogP contribution in [0.2, 0.25) is 0 Å². The number of rotatable bonds is 3. The first-order chi connectivity index (χ1) is 8.32. The Morgan fingerprint density at radius 3 is 2.28 bits per heavy atom. The highest BCUT2D eigenvalue weighted by molar-refractivity contribution is 6.01. The van der Waals surface area contributed by atoms with E-state index in [4.69, 9.17) is 5.11 Å². The first kappa shape index (κ1) is 14.2. The summed E-state index contributed by atoms with van der Waals surface area (Å²) in [5.74, 6) is -1.48. The van der Waals surface area contributed by atoms with Gasteiger partial charge in [0.05, 0.1) is 0 Å². The molecule has 2 amide bonds. The molecule has 1 aliphatic rings. The number of carboxylic acids is 1. The zero-order chi connectivity index (χ0) is 13.9. The summed E-state index contributed by atoms with van der Waals surface area (Å²) < 4.78 is 0. The Bertz CT molecular complexity index is 414. The summed E-state index contributed by atoms with van der Waals surface area (Å²) in [6.07, 6.45) is 0.699. The Morgan fingerprint density at radius 1 is 1.17 bits per heavy atom. The molecule has 1 fully saturated rings. The number of hydrogen-bond donors (Lipinski definition) is 2. The molecule has 0 aromatic carbocycles. The van der Waals surface area contributed by atoms with Crippen LogP contribution in [0, 0.1) is 0 Å². The molecule has 1 rings (SSSR count). The lowest BCUT2D eigenvalue weighted by molar-refractivity contribution is -0.133. The molecule has 0 radical (unpaired) electrons. The van der Waals surface area contributed by atoms with Crippen LogP contribution in [0.4, 0.5) is 0 Å². The fourth-order valence-electron chi connectivity index (χ4n) is 1.91. The minimum absolute atomic E-state index is 0.0376. The highest BCUT2D eigenvalue weighted by Crippen LogP contribution is 2.15. The van der Waals surface area contributed by atoms with Crippen molar-refractivity contribution in [3.63, 3.8) is 0 Å². The molecule has 18 heavy (non-hydrogen) atoms. The maximum atomic E-state index is 12.0. The Balaban J connectivity index is 2.68. The first-order valence-corrected chi connectivity index (χ1v) is 5.80. The van der Waals surface area contributed by atoms with Crippen molar-refractivity contribution < 1.29 is 19.5 Å². The second-order valence-corrected chi connectivity index (χ2v) is 4.49. The van der Waals surface area contributed by atoms with Gasteiger partial charge in [0.1, 0.15) is 0 Å². The van der Waals surface area contributed by atoms with Crippen LogP contribution >= 0.6 is 0 Å². The average molecular weight is 254 g/mol. The van der Waals surface area contributed by atoms with Gasteiger partial charge in [0.25, 0.3) is 0 Å². The fourth-order valence-corrected chi connectivity index (χ4v) is 1.91. The monoisotopic (exact) mass is 254 g/mol. The van der Waals surface area contributed by atoms with E-state index in [0.717, 1.165) is 0 Å². The van der Waals surface area contributed by atoms with Crippen molar-refractivity contribution in [2.75, 3.05) is 13.1 Å². The Morgan fingerprint density at radius 2 is 1.78 bits per heavy atom. The molecule has 0 bridgehead atoms. The normalized spacial score (nSPS) is 20.4. The SMILES string of the molecule is CC(=O)NC1CCN(C(=O)C(C)=C(C)C(=O)O)C1. The molecule has 6 nitrogen and oxygen atoms in total. The van der Waals surface area contributed by atoms with Gasteiger partial charge < -0.3 is 15.3 Å². The average Bonchev–Trinajstić information content (AvgIpc) is 2.73. The molecule has 0 spiro atoms. The summed E-state index contributed by atoms with van der Waals surface area (Å²) in [7, 11) is 0. The number of amides is 2. The number of likely N-dealkylation sites (tertiary alicyclic amines) is 1. The van der Waals surface area contributed by atoms with E-state index in [1.54, 1.807) is 4.90 Å². The van der Waals surface area contributed by atoms with E-state index < -0.39 is 5.97 Å². The van der Waals surface area contributed by atoms with Crippen LogP contribution in [0.5, 0.6) is 0 Å². The van der Waals surface area contributed by atoms with E-state index in [1.165, 1.54) is 20.8 Å². The highest BCUT2D eigenvalue weighted by Gasteiger charge is 2.28. The van der Waals surface area contributed by atoms with Gasteiger partial charge in [0.15, 0.2) is 0 Å². The van der Waals surface area contributed by atoms with Gasteiger partial charge in [-0.15, -0.1) is 0 Å². The van der Waals surface area contributed by atoms with Gasteiger partial charge in [-0.05, 0) is 20.3 Å². The second-order valence-electron chi connectivity index (χ2n) is 4.49. The first-order valence-electron chi connectivity index (χ1n) is 5.80.